The number of nitrogens with zero attached hydrogens (tertiary/aromatic N) is 1. The Balaban J connectivity index is 4.23. The lowest BCUT2D eigenvalue weighted by molar-refractivity contribution is -0.143. The Morgan fingerprint density at radius 3 is 2.27 bits per heavy atom. The molecule has 0 aromatic rings. The van der Waals surface area contributed by atoms with Gasteiger partial charge in [0.05, 0.1) is 0 Å². The van der Waals surface area contributed by atoms with Gasteiger partial charge in [-0.05, 0) is 33.2 Å². The van der Waals surface area contributed by atoms with Gasteiger partial charge in [0.15, 0.2) is 0 Å². The predicted molar refractivity (Wildman–Crippen MR) is 61.8 cm³/mol. The minimum atomic E-state index is -1.17. The molecular formula is C11H24N2O2. The van der Waals surface area contributed by atoms with Crippen molar-refractivity contribution in [2.45, 2.75) is 45.7 Å². The minimum Gasteiger partial charge on any atom is -0.480 e. The van der Waals surface area contributed by atoms with E-state index < -0.39 is 11.5 Å². The molecule has 0 spiro atoms. The highest BCUT2D eigenvalue weighted by atomic mass is 16.4. The Morgan fingerprint density at radius 1 is 1.47 bits per heavy atom. The molecule has 15 heavy (non-hydrogen) atoms. The number of carbonyl (C=O) groups is 1. The van der Waals surface area contributed by atoms with Crippen molar-refractivity contribution >= 4 is 5.97 Å². The summed E-state index contributed by atoms with van der Waals surface area (Å²) in [6.07, 6.45) is 1.05. The number of hydrogen-bond donors (Lipinski definition) is 2. The summed E-state index contributed by atoms with van der Waals surface area (Å²) in [5.74, 6) is -0.345. The Bertz CT molecular complexity index is 215. The van der Waals surface area contributed by atoms with Crippen LogP contribution in [0.25, 0.3) is 0 Å². The molecule has 0 aromatic carbocycles. The van der Waals surface area contributed by atoms with Crippen molar-refractivity contribution in [3.8, 4) is 0 Å². The fourth-order valence-electron chi connectivity index (χ4n) is 1.60. The summed E-state index contributed by atoms with van der Waals surface area (Å²) < 4.78 is 0. The van der Waals surface area contributed by atoms with E-state index in [0.717, 1.165) is 6.42 Å². The molecule has 2 atom stereocenters. The molecule has 0 aliphatic carbocycles. The Kier molecular flexibility index (Phi) is 5.24. The highest BCUT2D eigenvalue weighted by molar-refractivity contribution is 5.78. The highest BCUT2D eigenvalue weighted by Gasteiger charge is 2.30. The van der Waals surface area contributed by atoms with Gasteiger partial charge in [-0.2, -0.15) is 0 Å². The van der Waals surface area contributed by atoms with Crippen LogP contribution in [0.1, 0.15) is 34.1 Å². The maximum absolute atomic E-state index is 10.8. The van der Waals surface area contributed by atoms with Gasteiger partial charge in [-0.25, -0.2) is 0 Å². The van der Waals surface area contributed by atoms with Crippen LogP contribution in [0.5, 0.6) is 0 Å². The van der Waals surface area contributed by atoms with E-state index in [9.17, 15) is 4.79 Å². The van der Waals surface area contributed by atoms with Crippen molar-refractivity contribution < 1.29 is 9.90 Å². The van der Waals surface area contributed by atoms with Gasteiger partial charge in [-0.3, -0.25) is 4.79 Å². The Morgan fingerprint density at radius 2 is 1.93 bits per heavy atom. The van der Waals surface area contributed by atoms with Gasteiger partial charge in [0, 0.05) is 12.6 Å². The van der Waals surface area contributed by atoms with Crippen molar-refractivity contribution in [1.29, 1.82) is 0 Å². The number of rotatable bonds is 6. The number of carboxylic acids is 1. The minimum absolute atomic E-state index is 0.354. The Hall–Kier alpha value is -0.610. The van der Waals surface area contributed by atoms with Crippen LogP contribution in [0, 0.1) is 5.92 Å². The van der Waals surface area contributed by atoms with Gasteiger partial charge >= 0.3 is 5.97 Å². The van der Waals surface area contributed by atoms with Crippen LogP contribution in [0.4, 0.5) is 0 Å². The lowest BCUT2D eigenvalue weighted by Crippen LogP contribution is -2.54. The monoisotopic (exact) mass is 216 g/mol. The van der Waals surface area contributed by atoms with E-state index in [4.69, 9.17) is 10.8 Å². The van der Waals surface area contributed by atoms with Crippen LogP contribution < -0.4 is 5.73 Å². The maximum atomic E-state index is 10.8. The number of nitrogens with two attached hydrogens (primary N) is 1. The van der Waals surface area contributed by atoms with E-state index in [2.05, 4.69) is 20.8 Å². The predicted octanol–water partition coefficient (Wildman–Crippen LogP) is 1.15. The average molecular weight is 216 g/mol. The zero-order chi connectivity index (χ0) is 12.2. The molecule has 0 rings (SSSR count). The maximum Gasteiger partial charge on any atom is 0.324 e. The smallest absolute Gasteiger partial charge is 0.324 e. The quantitative estimate of drug-likeness (QED) is 0.699. The van der Waals surface area contributed by atoms with E-state index in [1.807, 2.05) is 11.9 Å². The van der Waals surface area contributed by atoms with Gasteiger partial charge in [-0.1, -0.05) is 13.8 Å². The molecular weight excluding hydrogens is 192 g/mol. The van der Waals surface area contributed by atoms with E-state index >= 15 is 0 Å². The molecule has 0 aliphatic heterocycles. The van der Waals surface area contributed by atoms with Crippen molar-refractivity contribution in [3.63, 3.8) is 0 Å². The summed E-state index contributed by atoms with van der Waals surface area (Å²) in [7, 11) is 1.92. The van der Waals surface area contributed by atoms with Crippen LogP contribution in [0.3, 0.4) is 0 Å². The molecule has 0 aromatic heterocycles. The van der Waals surface area contributed by atoms with Crippen LogP contribution in [0.15, 0.2) is 0 Å². The average Bonchev–Trinajstić information content (AvgIpc) is 2.01. The van der Waals surface area contributed by atoms with Crippen molar-refractivity contribution in [2.24, 2.45) is 11.7 Å². The Labute approximate surface area is 92.4 Å². The highest BCUT2D eigenvalue weighted by Crippen LogP contribution is 2.12. The molecule has 90 valence electrons. The fourth-order valence-corrected chi connectivity index (χ4v) is 1.60. The summed E-state index contributed by atoms with van der Waals surface area (Å²) in [5.41, 5.74) is 4.52. The third-order valence-corrected chi connectivity index (χ3v) is 2.63. The lowest BCUT2D eigenvalue weighted by Gasteiger charge is -2.31. The molecule has 4 nitrogen and oxygen atoms in total. The zero-order valence-corrected chi connectivity index (χ0v) is 10.4. The zero-order valence-electron chi connectivity index (χ0n) is 10.4. The van der Waals surface area contributed by atoms with Crippen LogP contribution in [-0.4, -0.2) is 41.1 Å². The van der Waals surface area contributed by atoms with Gasteiger partial charge < -0.3 is 15.7 Å². The topological polar surface area (TPSA) is 66.6 Å². The van der Waals surface area contributed by atoms with Gasteiger partial charge in [0.1, 0.15) is 5.54 Å². The number of aliphatic carboxylic acids is 1. The fraction of sp³-hybridized carbons (Fsp3) is 0.909. The van der Waals surface area contributed by atoms with Crippen molar-refractivity contribution in [2.75, 3.05) is 13.6 Å². The molecule has 0 bridgehead atoms. The second-order valence-corrected chi connectivity index (χ2v) is 5.12. The summed E-state index contributed by atoms with van der Waals surface area (Å²) >= 11 is 0. The number of carboxylic acid groups (broad SMARTS) is 1. The van der Waals surface area contributed by atoms with Crippen molar-refractivity contribution in [1.82, 2.24) is 4.90 Å². The van der Waals surface area contributed by atoms with Crippen molar-refractivity contribution in [3.05, 3.63) is 0 Å². The molecule has 0 radical (unpaired) electrons. The third-order valence-electron chi connectivity index (χ3n) is 2.63. The van der Waals surface area contributed by atoms with E-state index in [-0.39, 0.29) is 0 Å². The van der Waals surface area contributed by atoms with Crippen LogP contribution in [-0.2, 0) is 4.79 Å². The third kappa shape index (κ3) is 5.14. The molecule has 4 heteroatoms. The van der Waals surface area contributed by atoms with Gasteiger partial charge in [0.2, 0.25) is 0 Å². The number of likely N-dealkylation sites (N-methyl/N-ethyl adjacent to an activating group) is 1. The molecule has 2 unspecified atom stereocenters. The van der Waals surface area contributed by atoms with Crippen LogP contribution >= 0.6 is 0 Å². The molecule has 0 saturated heterocycles. The SMILES string of the molecule is CC(C)CC(C)N(C)CC(C)(N)C(=O)O. The van der Waals surface area contributed by atoms with E-state index in [0.29, 0.717) is 18.5 Å². The lowest BCUT2D eigenvalue weighted by atomic mass is 10.00. The first-order chi connectivity index (χ1) is 6.66. The van der Waals surface area contributed by atoms with E-state index in [1.165, 1.54) is 0 Å². The van der Waals surface area contributed by atoms with E-state index in [1.54, 1.807) is 6.92 Å². The van der Waals surface area contributed by atoms with Gasteiger partial charge in [-0.15, -0.1) is 0 Å². The standard InChI is InChI=1S/C11H24N2O2/c1-8(2)6-9(3)13(5)7-11(4,12)10(14)15/h8-9H,6-7,12H2,1-5H3,(H,14,15). The molecule has 3 N–H and O–H groups in total. The van der Waals surface area contributed by atoms with Crippen LogP contribution in [0.2, 0.25) is 0 Å². The second-order valence-electron chi connectivity index (χ2n) is 5.12. The number of hydrogen-bond acceptors (Lipinski definition) is 3. The molecule has 0 heterocycles. The summed E-state index contributed by atoms with van der Waals surface area (Å²) in [4.78, 5) is 12.9. The summed E-state index contributed by atoms with van der Waals surface area (Å²) in [6.45, 7) is 8.33. The second kappa shape index (κ2) is 5.47. The first kappa shape index (κ1) is 14.4. The van der Waals surface area contributed by atoms with Gasteiger partial charge in [0.25, 0.3) is 0 Å². The molecule has 0 amide bonds. The first-order valence-corrected chi connectivity index (χ1v) is 5.39. The summed E-state index contributed by atoms with van der Waals surface area (Å²) in [5, 5.41) is 8.90. The molecule has 0 saturated carbocycles. The largest absolute Gasteiger partial charge is 0.480 e. The molecule has 0 aliphatic rings. The normalized spacial score (nSPS) is 17.9. The first-order valence-electron chi connectivity index (χ1n) is 5.39. The summed E-state index contributed by atoms with van der Waals surface area (Å²) in [6, 6.07) is 0.354. The molecule has 0 fully saturated rings.